The SMILES string of the molecule is [SiH3]C1CCCCO1.[W]. The van der Waals surface area contributed by atoms with Crippen LogP contribution < -0.4 is 0 Å². The molecule has 0 radical (unpaired) electrons. The summed E-state index contributed by atoms with van der Waals surface area (Å²) >= 11 is 0. The van der Waals surface area contributed by atoms with Gasteiger partial charge in [0.05, 0.1) is 0 Å². The normalized spacial score (nSPS) is 29.2. The van der Waals surface area contributed by atoms with Crippen LogP contribution in [0.15, 0.2) is 0 Å². The Hall–Kier alpha value is 0.865. The molecule has 1 aliphatic rings. The van der Waals surface area contributed by atoms with Crippen LogP contribution in [0.4, 0.5) is 0 Å². The summed E-state index contributed by atoms with van der Waals surface area (Å²) in [6.45, 7) is 1.02. The molecular formula is C5H12OSiW. The zero-order chi connectivity index (χ0) is 5.11. The molecule has 0 aromatic heterocycles. The molecule has 0 aromatic rings. The molecule has 1 rings (SSSR count). The molecule has 1 nitrogen and oxygen atoms in total. The predicted octanol–water partition coefficient (Wildman–Crippen LogP) is -0.124. The summed E-state index contributed by atoms with van der Waals surface area (Å²) in [6, 6.07) is 0. The fraction of sp³-hybridized carbons (Fsp3) is 1.00. The summed E-state index contributed by atoms with van der Waals surface area (Å²) in [5, 5.41) is 0. The van der Waals surface area contributed by atoms with Crippen molar-refractivity contribution < 1.29 is 25.8 Å². The van der Waals surface area contributed by atoms with E-state index in [-0.39, 0.29) is 21.1 Å². The molecule has 1 atom stereocenters. The van der Waals surface area contributed by atoms with Crippen molar-refractivity contribution in [1.29, 1.82) is 0 Å². The van der Waals surface area contributed by atoms with E-state index in [1.54, 1.807) is 0 Å². The van der Waals surface area contributed by atoms with Gasteiger partial charge in [0.25, 0.3) is 0 Å². The Labute approximate surface area is 67.9 Å². The summed E-state index contributed by atoms with van der Waals surface area (Å²) in [5.41, 5.74) is 0.675. The molecule has 8 heavy (non-hydrogen) atoms. The first-order valence-electron chi connectivity index (χ1n) is 3.01. The first-order valence-corrected chi connectivity index (χ1v) is 4.16. The van der Waals surface area contributed by atoms with Crippen molar-refractivity contribution in [2.45, 2.75) is 25.0 Å². The first kappa shape index (κ1) is 8.87. The minimum atomic E-state index is 0. The fourth-order valence-corrected chi connectivity index (χ4v) is 1.55. The van der Waals surface area contributed by atoms with Gasteiger partial charge in [-0.15, -0.1) is 0 Å². The second-order valence-corrected chi connectivity index (χ2v) is 3.47. The van der Waals surface area contributed by atoms with Gasteiger partial charge < -0.3 is 4.74 Å². The van der Waals surface area contributed by atoms with Crippen LogP contribution in [-0.4, -0.2) is 22.6 Å². The average Bonchev–Trinajstić information content (AvgIpc) is 1.69. The molecule has 0 amide bonds. The summed E-state index contributed by atoms with van der Waals surface area (Å²) < 4.78 is 5.34. The van der Waals surface area contributed by atoms with E-state index in [9.17, 15) is 0 Å². The van der Waals surface area contributed by atoms with Crippen molar-refractivity contribution in [2.24, 2.45) is 0 Å². The number of hydrogen-bond acceptors (Lipinski definition) is 1. The quantitative estimate of drug-likeness (QED) is 0.567. The van der Waals surface area contributed by atoms with Gasteiger partial charge in [-0.1, -0.05) is 0 Å². The van der Waals surface area contributed by atoms with Gasteiger partial charge in [-0.3, -0.25) is 0 Å². The smallest absolute Gasteiger partial charge is 0.0465 e. The van der Waals surface area contributed by atoms with E-state index < -0.39 is 0 Å². The Kier molecular flexibility index (Phi) is 5.23. The Morgan fingerprint density at radius 3 is 2.38 bits per heavy atom. The zero-order valence-corrected chi connectivity index (χ0v) is 10.2. The van der Waals surface area contributed by atoms with Gasteiger partial charge >= 0.3 is 0 Å². The van der Waals surface area contributed by atoms with Gasteiger partial charge in [0.15, 0.2) is 0 Å². The molecule has 1 heterocycles. The van der Waals surface area contributed by atoms with E-state index in [2.05, 4.69) is 0 Å². The third-order valence-electron chi connectivity index (χ3n) is 1.41. The Morgan fingerprint density at radius 1 is 1.38 bits per heavy atom. The van der Waals surface area contributed by atoms with Crippen LogP contribution in [0, 0.1) is 0 Å². The third-order valence-corrected chi connectivity index (χ3v) is 2.32. The largest absolute Gasteiger partial charge is 0.383 e. The number of rotatable bonds is 0. The van der Waals surface area contributed by atoms with E-state index in [1.165, 1.54) is 29.5 Å². The summed E-state index contributed by atoms with van der Waals surface area (Å²) in [4.78, 5) is 0. The molecule has 3 heteroatoms. The van der Waals surface area contributed by atoms with Crippen molar-refractivity contribution in [2.75, 3.05) is 6.61 Å². The van der Waals surface area contributed by atoms with Crippen LogP contribution in [0.2, 0.25) is 0 Å². The Bertz CT molecular complexity index is 54.4. The molecule has 0 aliphatic carbocycles. The van der Waals surface area contributed by atoms with Crippen LogP contribution in [-0.2, 0) is 25.8 Å². The summed E-state index contributed by atoms with van der Waals surface area (Å²) in [6.07, 6.45) is 4.01. The molecule has 1 fully saturated rings. The summed E-state index contributed by atoms with van der Waals surface area (Å²) in [7, 11) is 1.23. The monoisotopic (exact) mass is 300 g/mol. The molecule has 0 aromatic carbocycles. The first-order chi connectivity index (χ1) is 3.39. The van der Waals surface area contributed by atoms with Crippen LogP contribution in [0.3, 0.4) is 0 Å². The maximum Gasteiger partial charge on any atom is 0.0465 e. The number of hydrogen-bond donors (Lipinski definition) is 0. The third kappa shape index (κ3) is 3.00. The van der Waals surface area contributed by atoms with Crippen molar-refractivity contribution >= 4 is 10.2 Å². The van der Waals surface area contributed by atoms with Crippen molar-refractivity contribution in [3.63, 3.8) is 0 Å². The molecule has 0 N–H and O–H groups in total. The topological polar surface area (TPSA) is 9.23 Å². The van der Waals surface area contributed by atoms with Gasteiger partial charge in [-0.25, -0.2) is 0 Å². The van der Waals surface area contributed by atoms with Crippen LogP contribution in [0.1, 0.15) is 19.3 Å². The molecule has 1 unspecified atom stereocenters. The van der Waals surface area contributed by atoms with Gasteiger partial charge in [0, 0.05) is 43.6 Å². The average molecular weight is 300 g/mol. The van der Waals surface area contributed by atoms with Crippen LogP contribution in [0.5, 0.6) is 0 Å². The van der Waals surface area contributed by atoms with Gasteiger partial charge in [0.1, 0.15) is 0 Å². The predicted molar refractivity (Wildman–Crippen MR) is 33.5 cm³/mol. The molecule has 0 bridgehead atoms. The van der Waals surface area contributed by atoms with Gasteiger partial charge in [-0.2, -0.15) is 0 Å². The Morgan fingerprint density at radius 2 is 2.12 bits per heavy atom. The second-order valence-electron chi connectivity index (χ2n) is 2.18. The molecule has 0 saturated carbocycles. The van der Waals surface area contributed by atoms with E-state index >= 15 is 0 Å². The van der Waals surface area contributed by atoms with Gasteiger partial charge in [-0.05, 0) is 19.3 Å². The van der Waals surface area contributed by atoms with E-state index in [0.29, 0.717) is 5.73 Å². The molecular weight excluding hydrogens is 288 g/mol. The van der Waals surface area contributed by atoms with Crippen molar-refractivity contribution in [3.05, 3.63) is 0 Å². The minimum Gasteiger partial charge on any atom is -0.383 e. The summed E-state index contributed by atoms with van der Waals surface area (Å²) in [5.74, 6) is 0. The van der Waals surface area contributed by atoms with Crippen LogP contribution >= 0.6 is 0 Å². The molecule has 48 valence electrons. The fourth-order valence-electron chi connectivity index (χ4n) is 0.902. The maximum atomic E-state index is 5.34. The van der Waals surface area contributed by atoms with Crippen LogP contribution in [0.25, 0.3) is 0 Å². The van der Waals surface area contributed by atoms with E-state index in [0.717, 1.165) is 6.61 Å². The number of ether oxygens (including phenoxy) is 1. The van der Waals surface area contributed by atoms with E-state index in [4.69, 9.17) is 4.74 Å². The zero-order valence-electron chi connectivity index (χ0n) is 5.22. The van der Waals surface area contributed by atoms with Crippen molar-refractivity contribution in [1.82, 2.24) is 0 Å². The van der Waals surface area contributed by atoms with Crippen molar-refractivity contribution in [3.8, 4) is 0 Å². The second kappa shape index (κ2) is 4.72. The standard InChI is InChI=1S/C5H12OSi.W/c7-5-3-1-2-4-6-5;/h5H,1-4H2,7H3;. The molecule has 1 aliphatic heterocycles. The minimum absolute atomic E-state index is 0. The maximum absolute atomic E-state index is 5.34. The van der Waals surface area contributed by atoms with E-state index in [1.807, 2.05) is 0 Å². The molecule has 1 saturated heterocycles. The Balaban J connectivity index is 0.000000490. The molecule has 0 spiro atoms. The van der Waals surface area contributed by atoms with Gasteiger partial charge in [0.2, 0.25) is 0 Å².